The number of amidine groups is 1. The van der Waals surface area contributed by atoms with Crippen molar-refractivity contribution in [3.8, 4) is 0 Å². The van der Waals surface area contributed by atoms with Crippen LogP contribution in [0.15, 0.2) is 70.2 Å². The lowest BCUT2D eigenvalue weighted by molar-refractivity contribution is 0.301. The van der Waals surface area contributed by atoms with E-state index in [1.54, 1.807) is 0 Å². The fourth-order valence-electron chi connectivity index (χ4n) is 3.57. The van der Waals surface area contributed by atoms with Crippen molar-refractivity contribution < 1.29 is 0 Å². The highest BCUT2D eigenvalue weighted by Crippen LogP contribution is 2.30. The van der Waals surface area contributed by atoms with Crippen molar-refractivity contribution in [2.24, 2.45) is 4.99 Å². The molecule has 0 atom stereocenters. The fourth-order valence-corrected chi connectivity index (χ4v) is 3.57. The van der Waals surface area contributed by atoms with E-state index in [1.807, 2.05) is 0 Å². The Kier molecular flexibility index (Phi) is 5.92. The normalized spacial score (nSPS) is 16.7. The van der Waals surface area contributed by atoms with E-state index >= 15 is 0 Å². The Hall–Kier alpha value is -2.35. The highest BCUT2D eigenvalue weighted by molar-refractivity contribution is 5.89. The second-order valence-corrected chi connectivity index (χ2v) is 7.22. The molecule has 2 aliphatic rings. The smallest absolute Gasteiger partial charge is 0.121 e. The summed E-state index contributed by atoms with van der Waals surface area (Å²) >= 11 is 0. The van der Waals surface area contributed by atoms with E-state index in [-0.39, 0.29) is 0 Å². The first kappa shape index (κ1) is 18.4. The quantitative estimate of drug-likeness (QED) is 0.743. The van der Waals surface area contributed by atoms with Gasteiger partial charge in [-0.25, -0.2) is 4.99 Å². The highest BCUT2D eigenvalue weighted by Gasteiger charge is 2.22. The Morgan fingerprint density at radius 1 is 1.19 bits per heavy atom. The second kappa shape index (κ2) is 8.35. The molecule has 1 N–H and O–H groups in total. The zero-order chi connectivity index (χ0) is 18.5. The molecule has 1 heterocycles. The molecular weight excluding hydrogens is 318 g/mol. The predicted molar refractivity (Wildman–Crippen MR) is 110 cm³/mol. The summed E-state index contributed by atoms with van der Waals surface area (Å²) in [5, 5.41) is 3.46. The van der Waals surface area contributed by atoms with Gasteiger partial charge >= 0.3 is 0 Å². The van der Waals surface area contributed by atoms with Gasteiger partial charge in [-0.3, -0.25) is 4.90 Å². The highest BCUT2D eigenvalue weighted by atomic mass is 15.2. The summed E-state index contributed by atoms with van der Waals surface area (Å²) in [6.07, 6.45) is 5.43. The lowest BCUT2D eigenvalue weighted by Crippen LogP contribution is -2.39. The average molecular weight is 348 g/mol. The fraction of sp³-hybridized carbons (Fsp3) is 0.391. The Labute approximate surface area is 157 Å². The minimum Gasteiger partial charge on any atom is -0.336 e. The lowest BCUT2D eigenvalue weighted by atomic mass is 9.94. The Morgan fingerprint density at radius 2 is 2.00 bits per heavy atom. The molecule has 1 aromatic rings. The molecule has 3 rings (SSSR count). The molecule has 1 aliphatic carbocycles. The number of aryl methyl sites for hydroxylation is 1. The average Bonchev–Trinajstić information content (AvgIpc) is 2.63. The molecule has 0 bridgehead atoms. The maximum atomic E-state index is 4.93. The van der Waals surface area contributed by atoms with Crippen LogP contribution in [0.5, 0.6) is 0 Å². The molecule has 1 aliphatic heterocycles. The molecule has 3 nitrogen and oxygen atoms in total. The van der Waals surface area contributed by atoms with Crippen LogP contribution in [0, 0.1) is 6.92 Å². The van der Waals surface area contributed by atoms with Gasteiger partial charge in [0, 0.05) is 12.1 Å². The summed E-state index contributed by atoms with van der Waals surface area (Å²) in [5.41, 5.74) is 10.5. The van der Waals surface area contributed by atoms with Crippen LogP contribution in [0.4, 0.5) is 0 Å². The number of aliphatic imine (C=N–C) groups is 1. The number of nitrogens with one attached hydrogen (secondary N) is 1. The van der Waals surface area contributed by atoms with Crippen LogP contribution < -0.4 is 5.32 Å². The van der Waals surface area contributed by atoms with Crippen molar-refractivity contribution in [2.75, 3.05) is 13.1 Å². The number of benzene rings is 1. The van der Waals surface area contributed by atoms with Crippen LogP contribution in [-0.2, 0) is 6.54 Å². The van der Waals surface area contributed by atoms with E-state index in [9.17, 15) is 0 Å². The first-order valence-electron chi connectivity index (χ1n) is 9.53. The Bertz CT molecular complexity index is 820. The van der Waals surface area contributed by atoms with Crippen LogP contribution >= 0.6 is 0 Å². The van der Waals surface area contributed by atoms with Gasteiger partial charge in [-0.1, -0.05) is 49.4 Å². The van der Waals surface area contributed by atoms with E-state index < -0.39 is 0 Å². The van der Waals surface area contributed by atoms with Crippen LogP contribution in [-0.4, -0.2) is 23.8 Å². The lowest BCUT2D eigenvalue weighted by Gasteiger charge is -2.28. The summed E-state index contributed by atoms with van der Waals surface area (Å²) in [4.78, 5) is 7.40. The molecule has 0 unspecified atom stereocenters. The number of hydrogen-bond donors (Lipinski definition) is 1. The van der Waals surface area contributed by atoms with Crippen molar-refractivity contribution in [1.82, 2.24) is 10.2 Å². The Morgan fingerprint density at radius 3 is 2.73 bits per heavy atom. The molecule has 0 fully saturated rings. The molecule has 0 amide bonds. The van der Waals surface area contributed by atoms with Gasteiger partial charge in [-0.2, -0.15) is 0 Å². The Balaban J connectivity index is 1.81. The largest absolute Gasteiger partial charge is 0.336 e. The van der Waals surface area contributed by atoms with Gasteiger partial charge < -0.3 is 5.32 Å². The topological polar surface area (TPSA) is 27.6 Å². The van der Waals surface area contributed by atoms with E-state index in [4.69, 9.17) is 4.99 Å². The molecular formula is C23H29N3. The van der Waals surface area contributed by atoms with Crippen molar-refractivity contribution in [3.05, 3.63) is 76.3 Å². The maximum Gasteiger partial charge on any atom is 0.121 e. The summed E-state index contributed by atoms with van der Waals surface area (Å²) in [6.45, 7) is 13.3. The molecule has 0 spiro atoms. The summed E-state index contributed by atoms with van der Waals surface area (Å²) in [5.74, 6) is 1.00. The molecule has 26 heavy (non-hydrogen) atoms. The summed E-state index contributed by atoms with van der Waals surface area (Å²) in [7, 11) is 0. The number of rotatable bonds is 6. The van der Waals surface area contributed by atoms with Gasteiger partial charge in [0.1, 0.15) is 5.84 Å². The second-order valence-electron chi connectivity index (χ2n) is 7.22. The van der Waals surface area contributed by atoms with Gasteiger partial charge in [-0.05, 0) is 50.8 Å². The molecule has 136 valence electrons. The van der Waals surface area contributed by atoms with Gasteiger partial charge in [0.15, 0.2) is 0 Å². The SMILES string of the molecule is C=C=C1NC(CN(CCC)Cc2ccccc2C)=NC2=C1C=C(C)CC2. The van der Waals surface area contributed by atoms with E-state index in [1.165, 1.54) is 22.4 Å². The molecule has 1 aromatic carbocycles. The molecule has 0 saturated carbocycles. The zero-order valence-electron chi connectivity index (χ0n) is 16.2. The van der Waals surface area contributed by atoms with Crippen molar-refractivity contribution >= 4 is 5.84 Å². The third-order valence-corrected chi connectivity index (χ3v) is 5.01. The third kappa shape index (κ3) is 4.24. The van der Waals surface area contributed by atoms with Crippen LogP contribution in [0.2, 0.25) is 0 Å². The van der Waals surface area contributed by atoms with Crippen LogP contribution in [0.3, 0.4) is 0 Å². The van der Waals surface area contributed by atoms with Crippen molar-refractivity contribution in [1.29, 1.82) is 0 Å². The first-order chi connectivity index (χ1) is 12.6. The molecule has 0 radical (unpaired) electrons. The summed E-state index contributed by atoms with van der Waals surface area (Å²) < 4.78 is 0. The first-order valence-corrected chi connectivity index (χ1v) is 9.53. The van der Waals surface area contributed by atoms with Crippen LogP contribution in [0.1, 0.15) is 44.2 Å². The van der Waals surface area contributed by atoms with Crippen molar-refractivity contribution in [2.45, 2.75) is 46.6 Å². The monoisotopic (exact) mass is 347 g/mol. The minimum atomic E-state index is 0.812. The number of nitrogens with zero attached hydrogens (tertiary/aromatic N) is 2. The van der Waals surface area contributed by atoms with E-state index in [2.05, 4.69) is 73.6 Å². The molecule has 0 saturated heterocycles. The van der Waals surface area contributed by atoms with Crippen molar-refractivity contribution in [3.63, 3.8) is 0 Å². The van der Waals surface area contributed by atoms with Gasteiger partial charge in [0.05, 0.1) is 17.9 Å². The van der Waals surface area contributed by atoms with Crippen LogP contribution in [0.25, 0.3) is 0 Å². The predicted octanol–water partition coefficient (Wildman–Crippen LogP) is 4.87. The standard InChI is InChI=1S/C23H29N3/c1-5-13-26(15-19-10-8-7-9-18(19)4)16-23-24-21(6-2)20-14-17(3)11-12-22(20)25-23/h7-10,14H,2,5,11-13,15-16H2,1,3-4H3,(H,24,25). The third-order valence-electron chi connectivity index (χ3n) is 5.01. The van der Waals surface area contributed by atoms with Gasteiger partial charge in [0.25, 0.3) is 0 Å². The van der Waals surface area contributed by atoms with E-state index in [0.717, 1.165) is 56.0 Å². The zero-order valence-corrected chi connectivity index (χ0v) is 16.2. The minimum absolute atomic E-state index is 0.812. The van der Waals surface area contributed by atoms with Gasteiger partial charge in [0.2, 0.25) is 0 Å². The maximum absolute atomic E-state index is 4.93. The number of allylic oxidation sites excluding steroid dienone is 3. The summed E-state index contributed by atoms with van der Waals surface area (Å²) in [6, 6.07) is 8.62. The van der Waals surface area contributed by atoms with E-state index in [0.29, 0.717) is 0 Å². The molecule has 0 aromatic heterocycles. The molecule has 3 heteroatoms. The van der Waals surface area contributed by atoms with Gasteiger partial charge in [-0.15, -0.1) is 5.73 Å². The number of hydrogen-bond acceptors (Lipinski definition) is 3.